The molecule has 5 rings (SSSR count). The Morgan fingerprint density at radius 1 is 0.591 bits per heavy atom. The van der Waals surface area contributed by atoms with E-state index in [1.807, 2.05) is 41.5 Å². The molecule has 0 saturated carbocycles. The third kappa shape index (κ3) is 14.8. The summed E-state index contributed by atoms with van der Waals surface area (Å²) in [4.78, 5) is 30.2. The topological polar surface area (TPSA) is 176 Å². The van der Waals surface area contributed by atoms with Gasteiger partial charge in [0.05, 0.1) is 11.0 Å². The van der Waals surface area contributed by atoms with Gasteiger partial charge in [-0.3, -0.25) is 5.10 Å². The summed E-state index contributed by atoms with van der Waals surface area (Å²) < 4.78 is 8.98. The molecule has 246 valence electrons. The fourth-order valence-corrected chi connectivity index (χ4v) is 3.25. The molecular weight excluding hydrogens is 586 g/mol. The summed E-state index contributed by atoms with van der Waals surface area (Å²) in [7, 11) is -0.497. The molecule has 1 atom stereocenters. The second kappa shape index (κ2) is 19.2. The zero-order valence-electron chi connectivity index (χ0n) is 27.5. The lowest BCUT2D eigenvalue weighted by Gasteiger charge is -2.00. The van der Waals surface area contributed by atoms with Gasteiger partial charge in [-0.05, 0) is 25.6 Å². The molecule has 0 saturated heterocycles. The molecule has 16 heteroatoms. The van der Waals surface area contributed by atoms with Gasteiger partial charge in [0.2, 0.25) is 17.6 Å². The van der Waals surface area contributed by atoms with E-state index in [1.54, 1.807) is 0 Å². The predicted molar refractivity (Wildman–Crippen MR) is 179 cm³/mol. The van der Waals surface area contributed by atoms with Crippen molar-refractivity contribution in [2.24, 2.45) is 43.0 Å². The summed E-state index contributed by atoms with van der Waals surface area (Å²) >= 11 is 0. The van der Waals surface area contributed by atoms with Crippen molar-refractivity contribution < 1.29 is 18.8 Å². The number of aliphatic imine (C=N–C) groups is 3. The smallest absolute Gasteiger partial charge is 0.240 e. The molecular formula is C28H49N11O4S. The number of hydrogen-bond acceptors (Lipinski definition) is 14. The molecule has 0 aromatic carbocycles. The Bertz CT molecular complexity index is 1080. The molecule has 1 aromatic rings. The first-order valence-electron chi connectivity index (χ1n) is 14.1. The van der Waals surface area contributed by atoms with E-state index in [0.29, 0.717) is 47.2 Å². The van der Waals surface area contributed by atoms with Gasteiger partial charge in [0, 0.05) is 29.6 Å². The van der Waals surface area contributed by atoms with E-state index in [9.17, 15) is 0 Å². The minimum absolute atomic E-state index is 0.379. The second-order valence-corrected chi connectivity index (χ2v) is 11.9. The van der Waals surface area contributed by atoms with Crippen LogP contribution in [0.4, 0.5) is 0 Å². The highest BCUT2D eigenvalue weighted by Crippen LogP contribution is 2.19. The van der Waals surface area contributed by atoms with Crippen LogP contribution in [0.25, 0.3) is 0 Å². The number of rotatable bonds is 5. The molecule has 1 unspecified atom stereocenters. The Morgan fingerprint density at radius 3 is 1.11 bits per heavy atom. The van der Waals surface area contributed by atoms with Crippen molar-refractivity contribution in [1.82, 2.24) is 37.1 Å². The summed E-state index contributed by atoms with van der Waals surface area (Å²) in [6, 6.07) is 0. The summed E-state index contributed by atoms with van der Waals surface area (Å²) in [6.07, 6.45) is 1.52. The Balaban J connectivity index is 0.000000275. The van der Waals surface area contributed by atoms with Crippen molar-refractivity contribution in [3.05, 3.63) is 49.5 Å². The fraction of sp³-hybridized carbons (Fsp3) is 0.536. The van der Waals surface area contributed by atoms with Crippen LogP contribution in [0.1, 0.15) is 81.0 Å². The van der Waals surface area contributed by atoms with E-state index in [-0.39, 0.29) is 0 Å². The van der Waals surface area contributed by atoms with Gasteiger partial charge < -0.3 is 14.5 Å². The Labute approximate surface area is 263 Å². The van der Waals surface area contributed by atoms with Crippen LogP contribution in [0, 0.1) is 23.7 Å². The molecule has 4 aliphatic heterocycles. The molecule has 0 amide bonds. The van der Waals surface area contributed by atoms with Gasteiger partial charge in [-0.15, -0.1) is 0 Å². The molecule has 5 N–H and O–H groups in total. The number of hydroxylamine groups is 4. The lowest BCUT2D eigenvalue weighted by molar-refractivity contribution is 0.176. The van der Waals surface area contributed by atoms with E-state index in [1.165, 1.54) is 6.33 Å². The molecule has 0 radical (unpaired) electrons. The van der Waals surface area contributed by atoms with Crippen LogP contribution in [0.2, 0.25) is 0 Å². The van der Waals surface area contributed by atoms with Crippen LogP contribution in [-0.4, -0.2) is 44.4 Å². The van der Waals surface area contributed by atoms with E-state index in [0.717, 1.165) is 29.2 Å². The molecule has 1 aromatic heterocycles. The lowest BCUT2D eigenvalue weighted by atomic mass is 10.2. The molecule has 44 heavy (non-hydrogen) atoms. The maximum atomic E-state index is 4.89. The minimum Gasteiger partial charge on any atom is -0.361 e. The number of aromatic amines is 1. The van der Waals surface area contributed by atoms with Gasteiger partial charge in [0.1, 0.15) is 35.5 Å². The lowest BCUT2D eigenvalue weighted by Crippen LogP contribution is -2.21. The number of amidine groups is 4. The molecule has 15 nitrogen and oxygen atoms in total. The van der Waals surface area contributed by atoms with Gasteiger partial charge in [0.15, 0.2) is 0 Å². The number of nitrogens with zero attached hydrogens (tertiary/aromatic N) is 6. The minimum atomic E-state index is -0.497. The predicted octanol–water partition coefficient (Wildman–Crippen LogP) is 5.18. The first-order valence-corrected chi connectivity index (χ1v) is 15.4. The van der Waals surface area contributed by atoms with Gasteiger partial charge in [0.25, 0.3) is 0 Å². The molecule has 0 bridgehead atoms. The monoisotopic (exact) mass is 635 g/mol. The average molecular weight is 636 g/mol. The highest BCUT2D eigenvalue weighted by Gasteiger charge is 2.14. The quantitative estimate of drug-likeness (QED) is 0.271. The standard InChI is InChI=1S/3C6H10N2O.C5H9N3.C5H10N2OS/c3*1-4(2)6-7-5(3)9-8-6;1-4(2)5-6-3-7-8-5;1-4(2)5-6-8-9(3)7-5/h3*4H,3H2,1-2H3,(H,7,8);3-4H,1-2H3,(H,6,7,8);4H,3H2,1-2H3,(H,6,7). The maximum Gasteiger partial charge on any atom is 0.240 e. The number of aromatic nitrogens is 3. The zero-order chi connectivity index (χ0) is 33.4. The largest absolute Gasteiger partial charge is 0.361 e. The average Bonchev–Trinajstić information content (AvgIpc) is 3.76. The highest BCUT2D eigenvalue weighted by molar-refractivity contribution is 8.09. The van der Waals surface area contributed by atoms with Crippen LogP contribution in [0.3, 0.4) is 0 Å². The third-order valence-electron chi connectivity index (χ3n) is 5.17. The second-order valence-electron chi connectivity index (χ2n) is 10.9. The van der Waals surface area contributed by atoms with Crippen molar-refractivity contribution in [1.29, 1.82) is 0 Å². The molecule has 0 fully saturated rings. The third-order valence-corrected chi connectivity index (χ3v) is 5.84. The zero-order valence-corrected chi connectivity index (χ0v) is 28.3. The van der Waals surface area contributed by atoms with Crippen LogP contribution in [-0.2, 0) is 18.8 Å². The SMILES string of the molecule is C=C1N=C(C(C)C)NO1.C=C1N=C(C(C)C)NO1.C=C1N=C(C(C)C)NO1.C=S1N=C(C(C)C)NO1.CC(C)c1ncn[nH]1. The van der Waals surface area contributed by atoms with E-state index in [2.05, 4.69) is 110 Å². The summed E-state index contributed by atoms with van der Waals surface area (Å²) in [6.45, 7) is 31.0. The van der Waals surface area contributed by atoms with E-state index < -0.39 is 11.0 Å². The number of nitrogens with one attached hydrogen (secondary N) is 5. The van der Waals surface area contributed by atoms with Gasteiger partial charge in [-0.25, -0.2) is 26.9 Å². The van der Waals surface area contributed by atoms with Gasteiger partial charge >= 0.3 is 0 Å². The van der Waals surface area contributed by atoms with Crippen molar-refractivity contribution in [3.8, 4) is 0 Å². The summed E-state index contributed by atoms with van der Waals surface area (Å²) in [5, 5.41) is 6.48. The molecule has 5 heterocycles. The van der Waals surface area contributed by atoms with Crippen LogP contribution in [0.15, 0.2) is 63.1 Å². The van der Waals surface area contributed by atoms with Gasteiger partial charge in [-0.2, -0.15) is 28.8 Å². The van der Waals surface area contributed by atoms with Crippen LogP contribution < -0.4 is 21.9 Å². The van der Waals surface area contributed by atoms with Crippen molar-refractivity contribution in [2.45, 2.75) is 75.2 Å². The van der Waals surface area contributed by atoms with Crippen LogP contribution in [0.5, 0.6) is 0 Å². The molecule has 0 spiro atoms. The Morgan fingerprint density at radius 2 is 0.977 bits per heavy atom. The maximum absolute atomic E-state index is 4.89. The normalized spacial score (nSPS) is 17.8. The molecule has 0 aliphatic carbocycles. The highest BCUT2D eigenvalue weighted by atomic mass is 32.2. The summed E-state index contributed by atoms with van der Waals surface area (Å²) in [5.41, 5.74) is 10.7. The van der Waals surface area contributed by atoms with Crippen molar-refractivity contribution in [2.75, 3.05) is 0 Å². The first-order chi connectivity index (χ1) is 20.6. The first kappa shape index (κ1) is 37.8. The fourth-order valence-electron chi connectivity index (χ4n) is 2.57. The van der Waals surface area contributed by atoms with E-state index >= 15 is 0 Å². The van der Waals surface area contributed by atoms with Crippen LogP contribution >= 0.6 is 11.0 Å². The molecule has 4 aliphatic rings. The summed E-state index contributed by atoms with van der Waals surface area (Å²) in [5.74, 6) is 11.3. The van der Waals surface area contributed by atoms with Crippen molar-refractivity contribution in [3.63, 3.8) is 0 Å². The number of hydrogen-bond donors (Lipinski definition) is 5. The van der Waals surface area contributed by atoms with Crippen molar-refractivity contribution >= 4 is 40.2 Å². The Kier molecular flexibility index (Phi) is 16.5. The number of H-pyrrole nitrogens is 1. The van der Waals surface area contributed by atoms with Gasteiger partial charge in [-0.1, -0.05) is 69.2 Å². The Hall–Kier alpha value is -4.18. The van der Waals surface area contributed by atoms with E-state index in [4.69, 9.17) is 18.8 Å².